The average molecular weight is 342 g/mol. The number of halogens is 4. The van der Waals surface area contributed by atoms with Crippen LogP contribution in [0.4, 0.5) is 18.9 Å². The molecule has 0 aliphatic heterocycles. The third-order valence-electron chi connectivity index (χ3n) is 2.52. The minimum Gasteiger partial charge on any atom is -0.395 e. The lowest BCUT2D eigenvalue weighted by Gasteiger charge is -2.28. The Bertz CT molecular complexity index is 424. The number of aliphatic hydroxyl groups excluding tert-OH is 2. The first-order chi connectivity index (χ1) is 8.74. The maximum Gasteiger partial charge on any atom is 0.405 e. The van der Waals surface area contributed by atoms with Crippen LogP contribution < -0.4 is 4.90 Å². The van der Waals surface area contributed by atoms with Crippen molar-refractivity contribution in [3.8, 4) is 0 Å². The molecule has 3 nitrogen and oxygen atoms in total. The van der Waals surface area contributed by atoms with Crippen LogP contribution in [0.1, 0.15) is 18.6 Å². The Morgan fingerprint density at radius 1 is 1.37 bits per heavy atom. The van der Waals surface area contributed by atoms with Crippen LogP contribution in [0.3, 0.4) is 0 Å². The summed E-state index contributed by atoms with van der Waals surface area (Å²) in [5, 5.41) is 18.6. The van der Waals surface area contributed by atoms with Gasteiger partial charge in [-0.15, -0.1) is 0 Å². The summed E-state index contributed by atoms with van der Waals surface area (Å²) in [5.41, 5.74) is 0.650. The Labute approximate surface area is 117 Å². The zero-order valence-corrected chi connectivity index (χ0v) is 11.9. The first-order valence-corrected chi connectivity index (χ1v) is 6.44. The zero-order chi connectivity index (χ0) is 14.6. The van der Waals surface area contributed by atoms with Crippen molar-refractivity contribution in [1.82, 2.24) is 0 Å². The van der Waals surface area contributed by atoms with Gasteiger partial charge in [0.2, 0.25) is 0 Å². The van der Waals surface area contributed by atoms with Crippen molar-refractivity contribution in [2.45, 2.75) is 19.2 Å². The summed E-state index contributed by atoms with van der Waals surface area (Å²) in [6, 6.07) is 4.66. The predicted octanol–water partition coefficient (Wildman–Crippen LogP) is 2.86. The van der Waals surface area contributed by atoms with E-state index in [2.05, 4.69) is 15.9 Å². The van der Waals surface area contributed by atoms with Crippen LogP contribution in [0.25, 0.3) is 0 Å². The molecular formula is C12H15BrF3NO2. The molecule has 0 radical (unpaired) electrons. The van der Waals surface area contributed by atoms with Crippen LogP contribution in [0.15, 0.2) is 22.7 Å². The summed E-state index contributed by atoms with van der Waals surface area (Å²) in [4.78, 5) is 1.01. The van der Waals surface area contributed by atoms with E-state index in [0.717, 1.165) is 4.90 Å². The van der Waals surface area contributed by atoms with E-state index in [1.54, 1.807) is 12.1 Å². The van der Waals surface area contributed by atoms with Crippen LogP contribution in [0.5, 0.6) is 0 Å². The SMILES string of the molecule is CC(O)c1cc(Br)ccc1N(CCO)CC(F)(F)F. The van der Waals surface area contributed by atoms with Gasteiger partial charge < -0.3 is 15.1 Å². The molecule has 1 aromatic carbocycles. The highest BCUT2D eigenvalue weighted by Gasteiger charge is 2.31. The second-order valence-corrected chi connectivity index (χ2v) is 5.06. The molecule has 1 aromatic rings. The van der Waals surface area contributed by atoms with E-state index in [4.69, 9.17) is 5.11 Å². The summed E-state index contributed by atoms with van der Waals surface area (Å²) in [6.07, 6.45) is -5.28. The molecule has 0 aliphatic rings. The topological polar surface area (TPSA) is 43.7 Å². The third kappa shape index (κ3) is 5.00. The number of anilines is 1. The molecule has 0 aromatic heterocycles. The van der Waals surface area contributed by atoms with Crippen molar-refractivity contribution in [2.75, 3.05) is 24.6 Å². The molecule has 0 heterocycles. The van der Waals surface area contributed by atoms with Crippen LogP contribution in [0.2, 0.25) is 0 Å². The van der Waals surface area contributed by atoms with Crippen LogP contribution in [0, 0.1) is 0 Å². The smallest absolute Gasteiger partial charge is 0.395 e. The van der Waals surface area contributed by atoms with Crippen molar-refractivity contribution in [2.24, 2.45) is 0 Å². The molecule has 1 atom stereocenters. The number of hydrogen-bond donors (Lipinski definition) is 2. The highest BCUT2D eigenvalue weighted by molar-refractivity contribution is 9.10. The fraction of sp³-hybridized carbons (Fsp3) is 0.500. The van der Waals surface area contributed by atoms with Crippen LogP contribution in [-0.4, -0.2) is 36.1 Å². The number of hydrogen-bond acceptors (Lipinski definition) is 3. The Morgan fingerprint density at radius 3 is 2.47 bits per heavy atom. The number of benzene rings is 1. The summed E-state index contributed by atoms with van der Waals surface area (Å²) in [5.74, 6) is 0. The molecule has 0 spiro atoms. The van der Waals surface area contributed by atoms with Gasteiger partial charge in [0.25, 0.3) is 0 Å². The molecule has 0 bridgehead atoms. The van der Waals surface area contributed by atoms with Gasteiger partial charge in [-0.05, 0) is 25.1 Å². The van der Waals surface area contributed by atoms with Crippen molar-refractivity contribution < 1.29 is 23.4 Å². The van der Waals surface area contributed by atoms with Gasteiger partial charge in [-0.1, -0.05) is 15.9 Å². The largest absolute Gasteiger partial charge is 0.405 e. The van der Waals surface area contributed by atoms with E-state index < -0.39 is 25.4 Å². The molecule has 1 rings (SSSR count). The quantitative estimate of drug-likeness (QED) is 0.865. The fourth-order valence-corrected chi connectivity index (χ4v) is 2.15. The maximum atomic E-state index is 12.5. The molecule has 0 aliphatic carbocycles. The van der Waals surface area contributed by atoms with E-state index in [0.29, 0.717) is 10.0 Å². The molecule has 2 N–H and O–H groups in total. The van der Waals surface area contributed by atoms with E-state index in [-0.39, 0.29) is 12.2 Å². The third-order valence-corrected chi connectivity index (χ3v) is 3.01. The molecule has 0 saturated carbocycles. The van der Waals surface area contributed by atoms with Gasteiger partial charge in [-0.25, -0.2) is 0 Å². The average Bonchev–Trinajstić information content (AvgIpc) is 2.26. The summed E-state index contributed by atoms with van der Waals surface area (Å²) in [7, 11) is 0. The Morgan fingerprint density at radius 2 is 2.00 bits per heavy atom. The summed E-state index contributed by atoms with van der Waals surface area (Å²) < 4.78 is 38.3. The summed E-state index contributed by atoms with van der Waals surface area (Å²) >= 11 is 3.21. The highest BCUT2D eigenvalue weighted by Crippen LogP contribution is 2.31. The summed E-state index contributed by atoms with van der Waals surface area (Å²) in [6.45, 7) is -0.239. The van der Waals surface area contributed by atoms with Crippen molar-refractivity contribution in [3.05, 3.63) is 28.2 Å². The number of alkyl halides is 3. The lowest BCUT2D eigenvalue weighted by molar-refractivity contribution is -0.119. The second kappa shape index (κ2) is 6.58. The van der Waals surface area contributed by atoms with E-state index in [9.17, 15) is 18.3 Å². The standard InChI is InChI=1S/C12H15BrF3NO2/c1-8(19)10-6-9(13)2-3-11(10)17(4-5-18)7-12(14,15)16/h2-3,6,8,18-19H,4-5,7H2,1H3. The minimum absolute atomic E-state index is 0.152. The van der Waals surface area contributed by atoms with Crippen molar-refractivity contribution in [3.63, 3.8) is 0 Å². The molecule has 0 fully saturated rings. The molecule has 7 heteroatoms. The molecule has 1 unspecified atom stereocenters. The van der Waals surface area contributed by atoms with Crippen molar-refractivity contribution in [1.29, 1.82) is 0 Å². The molecule has 0 saturated heterocycles. The highest BCUT2D eigenvalue weighted by atomic mass is 79.9. The number of aliphatic hydroxyl groups is 2. The molecular weight excluding hydrogens is 327 g/mol. The lowest BCUT2D eigenvalue weighted by atomic mass is 10.1. The van der Waals surface area contributed by atoms with Gasteiger partial charge in [0.1, 0.15) is 6.54 Å². The Balaban J connectivity index is 3.14. The van der Waals surface area contributed by atoms with E-state index in [1.807, 2.05) is 0 Å². The second-order valence-electron chi connectivity index (χ2n) is 4.14. The van der Waals surface area contributed by atoms with Gasteiger partial charge in [0.15, 0.2) is 0 Å². The van der Waals surface area contributed by atoms with Gasteiger partial charge in [-0.3, -0.25) is 0 Å². The number of rotatable bonds is 5. The van der Waals surface area contributed by atoms with E-state index >= 15 is 0 Å². The zero-order valence-electron chi connectivity index (χ0n) is 10.3. The normalized spacial score (nSPS) is 13.4. The van der Waals surface area contributed by atoms with Gasteiger partial charge in [-0.2, -0.15) is 13.2 Å². The van der Waals surface area contributed by atoms with Crippen LogP contribution >= 0.6 is 15.9 Å². The first-order valence-electron chi connectivity index (χ1n) is 5.64. The minimum atomic E-state index is -4.38. The first kappa shape index (κ1) is 16.3. The molecule has 108 valence electrons. The Hall–Kier alpha value is -0.790. The van der Waals surface area contributed by atoms with Gasteiger partial charge >= 0.3 is 6.18 Å². The maximum absolute atomic E-state index is 12.5. The fourth-order valence-electron chi connectivity index (χ4n) is 1.77. The van der Waals surface area contributed by atoms with Crippen LogP contribution in [-0.2, 0) is 0 Å². The Kier molecular flexibility index (Phi) is 5.64. The number of nitrogens with zero attached hydrogens (tertiary/aromatic N) is 1. The monoisotopic (exact) mass is 341 g/mol. The molecule has 0 amide bonds. The van der Waals surface area contributed by atoms with Gasteiger partial charge in [0.05, 0.1) is 12.7 Å². The lowest BCUT2D eigenvalue weighted by Crippen LogP contribution is -2.37. The van der Waals surface area contributed by atoms with Crippen molar-refractivity contribution >= 4 is 21.6 Å². The molecule has 19 heavy (non-hydrogen) atoms. The van der Waals surface area contributed by atoms with Gasteiger partial charge in [0, 0.05) is 22.3 Å². The predicted molar refractivity (Wildman–Crippen MR) is 70.1 cm³/mol. The van der Waals surface area contributed by atoms with E-state index in [1.165, 1.54) is 13.0 Å².